The minimum atomic E-state index is -0.269. The average molecular weight is 399 g/mol. The molecule has 1 aromatic carbocycles. The number of hydrogen-bond acceptors (Lipinski definition) is 4. The molecule has 0 saturated carbocycles. The number of hydrazone groups is 1. The fourth-order valence-electron chi connectivity index (χ4n) is 3.62. The number of hydrogen-bond donors (Lipinski definition) is 1. The zero-order chi connectivity index (χ0) is 19.9. The van der Waals surface area contributed by atoms with Crippen molar-refractivity contribution in [3.8, 4) is 0 Å². The van der Waals surface area contributed by atoms with Crippen molar-refractivity contribution >= 4 is 23.2 Å². The molecule has 0 radical (unpaired) electrons. The number of nitrogens with zero attached hydrogens (tertiary/aromatic N) is 3. The van der Waals surface area contributed by atoms with Gasteiger partial charge in [-0.15, -0.1) is 0 Å². The summed E-state index contributed by atoms with van der Waals surface area (Å²) in [5, 5.41) is 5.31. The van der Waals surface area contributed by atoms with Crippen molar-refractivity contribution in [2.24, 2.45) is 16.9 Å². The Balaban J connectivity index is 1.58. The molecule has 1 fully saturated rings. The number of nitrogens with one attached hydrogen (secondary N) is 1. The summed E-state index contributed by atoms with van der Waals surface area (Å²) in [5.74, 6) is 0.394. The first-order chi connectivity index (χ1) is 13.5. The number of aromatic nitrogens is 1. The van der Waals surface area contributed by atoms with Gasteiger partial charge in [-0.2, -0.15) is 5.10 Å². The molecule has 1 aliphatic rings. The Morgan fingerprint density at radius 1 is 1.21 bits per heavy atom. The number of benzene rings is 1. The summed E-state index contributed by atoms with van der Waals surface area (Å²) in [5.41, 5.74) is 5.30. The maximum Gasteiger partial charge on any atom is 0.289 e. The third-order valence-corrected chi connectivity index (χ3v) is 5.50. The van der Waals surface area contributed by atoms with Crippen LogP contribution in [0.1, 0.15) is 42.7 Å². The summed E-state index contributed by atoms with van der Waals surface area (Å²) < 4.78 is 0. The molecule has 148 valence electrons. The predicted molar refractivity (Wildman–Crippen MR) is 113 cm³/mol. The number of rotatable bonds is 6. The fraction of sp³-hybridized carbons (Fsp3) is 0.409. The molecule has 2 heterocycles. The average Bonchev–Trinajstić information content (AvgIpc) is 2.71. The van der Waals surface area contributed by atoms with E-state index in [4.69, 9.17) is 11.6 Å². The van der Waals surface area contributed by atoms with Crippen molar-refractivity contribution in [1.82, 2.24) is 15.3 Å². The van der Waals surface area contributed by atoms with Gasteiger partial charge in [0.2, 0.25) is 0 Å². The third-order valence-electron chi connectivity index (χ3n) is 5.13. The highest BCUT2D eigenvalue weighted by Gasteiger charge is 2.25. The molecule has 1 amide bonds. The lowest BCUT2D eigenvalue weighted by molar-refractivity contribution is 0.0949. The van der Waals surface area contributed by atoms with Gasteiger partial charge in [0.05, 0.1) is 0 Å². The van der Waals surface area contributed by atoms with Crippen molar-refractivity contribution in [2.45, 2.75) is 33.2 Å². The van der Waals surface area contributed by atoms with Crippen LogP contribution in [0.25, 0.3) is 0 Å². The van der Waals surface area contributed by atoms with Gasteiger partial charge in [0.15, 0.2) is 0 Å². The Kier molecular flexibility index (Phi) is 7.18. The van der Waals surface area contributed by atoms with Crippen molar-refractivity contribution in [2.75, 3.05) is 13.1 Å². The number of carbonyl (C=O) groups excluding carboxylic acids is 1. The van der Waals surface area contributed by atoms with Gasteiger partial charge >= 0.3 is 0 Å². The molecular weight excluding hydrogens is 372 g/mol. The van der Waals surface area contributed by atoms with Gasteiger partial charge < -0.3 is 0 Å². The van der Waals surface area contributed by atoms with Crippen molar-refractivity contribution in [3.05, 3.63) is 64.9 Å². The van der Waals surface area contributed by atoms with Crippen LogP contribution < -0.4 is 5.43 Å². The zero-order valence-electron chi connectivity index (χ0n) is 16.4. The Hall–Kier alpha value is -2.24. The van der Waals surface area contributed by atoms with E-state index < -0.39 is 0 Å². The van der Waals surface area contributed by atoms with Crippen LogP contribution in [0.4, 0.5) is 0 Å². The summed E-state index contributed by atoms with van der Waals surface area (Å²) in [7, 11) is 0. The topological polar surface area (TPSA) is 57.6 Å². The van der Waals surface area contributed by atoms with Gasteiger partial charge in [0.25, 0.3) is 5.91 Å². The summed E-state index contributed by atoms with van der Waals surface area (Å²) in [6.45, 7) is 7.12. The van der Waals surface area contributed by atoms with Crippen molar-refractivity contribution in [1.29, 1.82) is 0 Å². The Bertz CT molecular complexity index is 814. The highest BCUT2D eigenvalue weighted by atomic mass is 35.5. The maximum atomic E-state index is 12.2. The predicted octanol–water partition coefficient (Wildman–Crippen LogP) is 4.39. The molecule has 1 saturated heterocycles. The van der Waals surface area contributed by atoms with E-state index in [-0.39, 0.29) is 11.8 Å². The molecule has 3 rings (SSSR count). The van der Waals surface area contributed by atoms with Gasteiger partial charge in [-0.3, -0.25) is 14.7 Å². The minimum Gasteiger partial charge on any atom is -0.299 e. The third kappa shape index (κ3) is 5.40. The van der Waals surface area contributed by atoms with Gasteiger partial charge in [0, 0.05) is 29.4 Å². The molecule has 1 aliphatic heterocycles. The monoisotopic (exact) mass is 398 g/mol. The summed E-state index contributed by atoms with van der Waals surface area (Å²) in [6.07, 6.45) is 3.67. The fourth-order valence-corrected chi connectivity index (χ4v) is 3.81. The first-order valence-electron chi connectivity index (χ1n) is 9.79. The van der Waals surface area contributed by atoms with Crippen LogP contribution in [0, 0.1) is 11.8 Å². The molecule has 0 spiro atoms. The van der Waals surface area contributed by atoms with E-state index in [2.05, 4.69) is 40.3 Å². The molecule has 28 heavy (non-hydrogen) atoms. The highest BCUT2D eigenvalue weighted by Crippen LogP contribution is 2.25. The first kappa shape index (κ1) is 20.5. The van der Waals surface area contributed by atoms with E-state index in [1.54, 1.807) is 24.4 Å². The van der Waals surface area contributed by atoms with E-state index >= 15 is 0 Å². The number of piperidine rings is 1. The summed E-state index contributed by atoms with van der Waals surface area (Å²) >= 11 is 6.29. The van der Waals surface area contributed by atoms with Crippen LogP contribution in [0.5, 0.6) is 0 Å². The Morgan fingerprint density at radius 2 is 1.93 bits per heavy atom. The van der Waals surface area contributed by atoms with E-state index in [1.807, 2.05) is 18.2 Å². The Morgan fingerprint density at radius 3 is 2.57 bits per heavy atom. The molecule has 0 atom stereocenters. The second-order valence-electron chi connectivity index (χ2n) is 7.49. The molecule has 6 heteroatoms. The minimum absolute atomic E-state index is 0.269. The second-order valence-corrected chi connectivity index (χ2v) is 7.90. The zero-order valence-corrected chi connectivity index (χ0v) is 17.2. The quantitative estimate of drug-likeness (QED) is 0.580. The number of halogens is 1. The first-order valence-corrected chi connectivity index (χ1v) is 10.2. The lowest BCUT2D eigenvalue weighted by Gasteiger charge is -2.33. The van der Waals surface area contributed by atoms with Gasteiger partial charge in [0.1, 0.15) is 5.69 Å². The largest absolute Gasteiger partial charge is 0.299 e. The summed E-state index contributed by atoms with van der Waals surface area (Å²) in [4.78, 5) is 18.7. The number of pyridine rings is 1. The SMILES string of the molecule is CC(C)C(=NNC(=O)c1ccccn1)C1CCN(Cc2ccccc2Cl)CC1. The molecule has 2 aromatic rings. The number of carbonyl (C=O) groups is 1. The summed E-state index contributed by atoms with van der Waals surface area (Å²) in [6, 6.07) is 13.3. The van der Waals surface area contributed by atoms with Crippen molar-refractivity contribution < 1.29 is 4.79 Å². The molecule has 1 N–H and O–H groups in total. The van der Waals surface area contributed by atoms with Crippen LogP contribution in [0.15, 0.2) is 53.8 Å². The van der Waals surface area contributed by atoms with E-state index in [9.17, 15) is 4.79 Å². The van der Waals surface area contributed by atoms with E-state index in [0.717, 1.165) is 43.2 Å². The smallest absolute Gasteiger partial charge is 0.289 e. The Labute approximate surface area is 171 Å². The van der Waals surface area contributed by atoms with Crippen LogP contribution in [0.3, 0.4) is 0 Å². The van der Waals surface area contributed by atoms with E-state index in [1.165, 1.54) is 5.56 Å². The highest BCUT2D eigenvalue weighted by molar-refractivity contribution is 6.31. The number of likely N-dealkylation sites (tertiary alicyclic amines) is 1. The van der Waals surface area contributed by atoms with Crippen molar-refractivity contribution in [3.63, 3.8) is 0 Å². The van der Waals surface area contributed by atoms with Crippen LogP contribution in [0.2, 0.25) is 5.02 Å². The standard InChI is InChI=1S/C22H27ClN4O/c1-16(2)21(25-26-22(28)20-9-5-6-12-24-20)17-10-13-27(14-11-17)15-18-7-3-4-8-19(18)23/h3-9,12,16-17H,10-11,13-15H2,1-2H3,(H,26,28). The van der Waals surface area contributed by atoms with Gasteiger partial charge in [-0.25, -0.2) is 5.43 Å². The maximum absolute atomic E-state index is 12.2. The lowest BCUT2D eigenvalue weighted by Crippen LogP contribution is -2.38. The molecule has 0 aliphatic carbocycles. The molecule has 0 unspecified atom stereocenters. The second kappa shape index (κ2) is 9.80. The van der Waals surface area contributed by atoms with Gasteiger partial charge in [-0.1, -0.05) is 49.7 Å². The van der Waals surface area contributed by atoms with Crippen LogP contribution >= 0.6 is 11.6 Å². The lowest BCUT2D eigenvalue weighted by atomic mass is 9.86. The normalized spacial score (nSPS) is 16.4. The molecular formula is C22H27ClN4O. The molecule has 1 aromatic heterocycles. The molecule has 0 bridgehead atoms. The van der Waals surface area contributed by atoms with Crippen LogP contribution in [-0.4, -0.2) is 34.6 Å². The number of amides is 1. The van der Waals surface area contributed by atoms with Gasteiger partial charge in [-0.05, 0) is 55.6 Å². The van der Waals surface area contributed by atoms with E-state index in [0.29, 0.717) is 11.6 Å². The molecule has 5 nitrogen and oxygen atoms in total. The van der Waals surface area contributed by atoms with Crippen LogP contribution in [-0.2, 0) is 6.54 Å².